The van der Waals surface area contributed by atoms with E-state index in [1.54, 1.807) is 59.5 Å². The first-order chi connectivity index (χ1) is 23.5. The van der Waals surface area contributed by atoms with Gasteiger partial charge in [-0.1, -0.05) is 79.9 Å². The van der Waals surface area contributed by atoms with E-state index < -0.39 is 42.3 Å². The number of carbonyl (C=O) groups is 3. The molecule has 5 rings (SSSR count). The van der Waals surface area contributed by atoms with Gasteiger partial charge in [-0.3, -0.25) is 9.69 Å². The number of amides is 3. The largest absolute Gasteiger partial charge is 0.479 e. The highest BCUT2D eigenvalue weighted by Crippen LogP contribution is 2.35. The van der Waals surface area contributed by atoms with E-state index in [-0.39, 0.29) is 18.7 Å². The Labute approximate surface area is 282 Å². The number of alkyl halides is 3. The van der Waals surface area contributed by atoms with Gasteiger partial charge in [0.25, 0.3) is 5.91 Å². The molecule has 4 aromatic carbocycles. The second kappa shape index (κ2) is 15.8. The second-order valence-corrected chi connectivity index (χ2v) is 12.2. The van der Waals surface area contributed by atoms with Gasteiger partial charge < -0.3 is 20.8 Å². The van der Waals surface area contributed by atoms with Crippen molar-refractivity contribution in [2.24, 2.45) is 0 Å². The molecule has 11 heteroatoms. The van der Waals surface area contributed by atoms with Gasteiger partial charge in [0.1, 0.15) is 0 Å². The van der Waals surface area contributed by atoms with Gasteiger partial charge >= 0.3 is 18.2 Å². The summed E-state index contributed by atoms with van der Waals surface area (Å²) < 4.78 is 40.3. The molecule has 1 atom stereocenters. The molecule has 4 N–H and O–H groups in total. The van der Waals surface area contributed by atoms with E-state index >= 15 is 0 Å². The van der Waals surface area contributed by atoms with Crippen molar-refractivity contribution < 1.29 is 37.8 Å². The molecule has 0 spiro atoms. The van der Waals surface area contributed by atoms with Crippen LogP contribution >= 0.6 is 0 Å². The minimum absolute atomic E-state index is 0.0587. The quantitative estimate of drug-likeness (QED) is 0.131. The number of anilines is 1. The highest BCUT2D eigenvalue weighted by atomic mass is 19.4. The zero-order valence-corrected chi connectivity index (χ0v) is 26.7. The van der Waals surface area contributed by atoms with E-state index in [0.29, 0.717) is 33.9 Å². The summed E-state index contributed by atoms with van der Waals surface area (Å²) in [4.78, 5) is 38.7. The van der Waals surface area contributed by atoms with Crippen LogP contribution in [0.2, 0.25) is 0 Å². The average Bonchev–Trinajstić information content (AvgIpc) is 3.12. The van der Waals surface area contributed by atoms with Crippen molar-refractivity contribution in [2.45, 2.75) is 63.4 Å². The minimum Gasteiger partial charge on any atom is -0.479 e. The van der Waals surface area contributed by atoms with Gasteiger partial charge in [0, 0.05) is 17.8 Å². The smallest absolute Gasteiger partial charge is 0.416 e. The highest BCUT2D eigenvalue weighted by molar-refractivity contribution is 5.95. The zero-order valence-electron chi connectivity index (χ0n) is 26.7. The van der Waals surface area contributed by atoms with Crippen molar-refractivity contribution in [2.75, 3.05) is 11.4 Å². The number of nitrogens with one attached hydrogen (secondary N) is 2. The lowest BCUT2D eigenvalue weighted by molar-refractivity contribution is -0.146. The van der Waals surface area contributed by atoms with Gasteiger partial charge in [0.2, 0.25) is 0 Å². The molecular weight excluding hydrogens is 635 g/mol. The van der Waals surface area contributed by atoms with Gasteiger partial charge in [-0.25, -0.2) is 9.59 Å². The van der Waals surface area contributed by atoms with Gasteiger partial charge in [0.15, 0.2) is 6.10 Å². The van der Waals surface area contributed by atoms with Crippen LogP contribution in [0.15, 0.2) is 97.1 Å². The Morgan fingerprint density at radius 2 is 1.53 bits per heavy atom. The van der Waals surface area contributed by atoms with Crippen LogP contribution < -0.4 is 15.5 Å². The lowest BCUT2D eigenvalue weighted by atomic mass is 9.84. The molecule has 3 amide bonds. The van der Waals surface area contributed by atoms with E-state index in [9.17, 15) is 32.7 Å². The summed E-state index contributed by atoms with van der Waals surface area (Å²) in [5.74, 6) is -1.52. The molecular formula is C38H38F3N3O5. The Balaban J connectivity index is 1.35. The van der Waals surface area contributed by atoms with Crippen LogP contribution in [-0.4, -0.2) is 40.8 Å². The molecule has 1 aliphatic rings. The van der Waals surface area contributed by atoms with Crippen LogP contribution in [0.3, 0.4) is 0 Å². The summed E-state index contributed by atoms with van der Waals surface area (Å²) in [5.41, 5.74) is 3.67. The third-order valence-electron chi connectivity index (χ3n) is 8.77. The Morgan fingerprint density at radius 1 is 0.837 bits per heavy atom. The number of hydrogen-bond acceptors (Lipinski definition) is 4. The van der Waals surface area contributed by atoms with Crippen LogP contribution in [0, 0.1) is 0 Å². The molecule has 1 aliphatic carbocycles. The molecule has 8 nitrogen and oxygen atoms in total. The standard InChI is InChI=1S/C38H38F3N3O5/c39-38(40,41)31-11-6-10-29(21-31)33-12-5-4-9-30(33)22-43-37(49)44(32-19-17-27(18-20-32)26-7-2-1-3-8-26)24-25-13-15-28(16-14-25)35(46)42-23-34(45)36(47)48/h4-6,9-21,26,34,45H,1-3,7-8,22-24H2,(H,42,46)(H,43,49)(H,47,48)/t34-/m1/s1. The molecule has 49 heavy (non-hydrogen) atoms. The van der Waals surface area contributed by atoms with E-state index in [4.69, 9.17) is 5.11 Å². The van der Waals surface area contributed by atoms with Gasteiger partial charge in [-0.2, -0.15) is 13.2 Å². The molecule has 0 bridgehead atoms. The predicted molar refractivity (Wildman–Crippen MR) is 180 cm³/mol. The number of urea groups is 1. The number of carbonyl (C=O) groups excluding carboxylic acids is 2. The normalized spacial score (nSPS) is 14.1. The first-order valence-corrected chi connectivity index (χ1v) is 16.2. The molecule has 0 heterocycles. The van der Waals surface area contributed by atoms with Crippen molar-refractivity contribution in [3.8, 4) is 11.1 Å². The van der Waals surface area contributed by atoms with Crippen LogP contribution in [0.4, 0.5) is 23.7 Å². The summed E-state index contributed by atoms with van der Waals surface area (Å²) in [5, 5.41) is 23.6. The number of carboxylic acid groups (broad SMARTS) is 1. The van der Waals surface area contributed by atoms with Gasteiger partial charge in [-0.05, 0) is 83.0 Å². The average molecular weight is 674 g/mol. The summed E-state index contributed by atoms with van der Waals surface area (Å²) in [6.07, 6.45) is -0.333. The van der Waals surface area contributed by atoms with Crippen molar-refractivity contribution in [1.82, 2.24) is 10.6 Å². The topological polar surface area (TPSA) is 119 Å². The number of halogens is 3. The summed E-state index contributed by atoms with van der Waals surface area (Å²) in [6, 6.07) is 26.0. The number of carboxylic acids is 1. The number of aliphatic hydroxyl groups is 1. The first-order valence-electron chi connectivity index (χ1n) is 16.2. The van der Waals surface area contributed by atoms with Crippen molar-refractivity contribution >= 4 is 23.6 Å². The SMILES string of the molecule is O=C(NC[C@@H](O)C(=O)O)c1ccc(CN(C(=O)NCc2ccccc2-c2cccc(C(F)(F)F)c2)c2ccc(C3CCCCC3)cc2)cc1. The first kappa shape index (κ1) is 35.2. The molecule has 4 aromatic rings. The third kappa shape index (κ3) is 9.26. The number of aliphatic carboxylic acids is 1. The van der Waals surface area contributed by atoms with E-state index in [1.165, 1.54) is 30.9 Å². The number of nitrogens with zero attached hydrogens (tertiary/aromatic N) is 1. The second-order valence-electron chi connectivity index (χ2n) is 12.2. The molecule has 0 aliphatic heterocycles. The number of benzene rings is 4. The lowest BCUT2D eigenvalue weighted by Gasteiger charge is -2.26. The monoisotopic (exact) mass is 673 g/mol. The Bertz CT molecular complexity index is 1750. The van der Waals surface area contributed by atoms with Crippen LogP contribution in [0.25, 0.3) is 11.1 Å². The number of hydrogen-bond donors (Lipinski definition) is 4. The maximum atomic E-state index is 13.9. The fourth-order valence-electron chi connectivity index (χ4n) is 6.05. The van der Waals surface area contributed by atoms with Crippen molar-refractivity contribution in [1.29, 1.82) is 0 Å². The van der Waals surface area contributed by atoms with E-state index in [2.05, 4.69) is 10.6 Å². The number of rotatable bonds is 11. The van der Waals surface area contributed by atoms with Crippen LogP contribution in [0.1, 0.15) is 70.6 Å². The molecule has 0 saturated heterocycles. The number of aliphatic hydroxyl groups excluding tert-OH is 1. The lowest BCUT2D eigenvalue weighted by Crippen LogP contribution is -2.39. The van der Waals surface area contributed by atoms with Crippen molar-refractivity contribution in [3.63, 3.8) is 0 Å². The summed E-state index contributed by atoms with van der Waals surface area (Å²) in [6.45, 7) is -0.246. The molecule has 0 aromatic heterocycles. The molecule has 1 saturated carbocycles. The van der Waals surface area contributed by atoms with Gasteiger partial charge in [0.05, 0.1) is 18.7 Å². The molecule has 256 valence electrons. The van der Waals surface area contributed by atoms with E-state index in [1.807, 2.05) is 24.3 Å². The minimum atomic E-state index is -4.49. The molecule has 0 unspecified atom stereocenters. The fraction of sp³-hybridized carbons (Fsp3) is 0.289. The Hall–Kier alpha value is -5.16. The fourth-order valence-corrected chi connectivity index (χ4v) is 6.05. The summed E-state index contributed by atoms with van der Waals surface area (Å²) in [7, 11) is 0. The molecule has 0 radical (unpaired) electrons. The van der Waals surface area contributed by atoms with Crippen LogP contribution in [-0.2, 0) is 24.1 Å². The molecule has 1 fully saturated rings. The third-order valence-corrected chi connectivity index (χ3v) is 8.77. The maximum absolute atomic E-state index is 13.9. The van der Waals surface area contributed by atoms with Gasteiger partial charge in [-0.15, -0.1) is 0 Å². The highest BCUT2D eigenvalue weighted by Gasteiger charge is 2.30. The predicted octanol–water partition coefficient (Wildman–Crippen LogP) is 7.51. The Kier molecular flexibility index (Phi) is 11.4. The maximum Gasteiger partial charge on any atom is 0.416 e. The van der Waals surface area contributed by atoms with Crippen molar-refractivity contribution in [3.05, 3.63) is 125 Å². The zero-order chi connectivity index (χ0) is 35.0. The van der Waals surface area contributed by atoms with E-state index in [0.717, 1.165) is 25.0 Å². The Morgan fingerprint density at radius 3 is 2.20 bits per heavy atom. The van der Waals surface area contributed by atoms with Crippen LogP contribution in [0.5, 0.6) is 0 Å². The summed E-state index contributed by atoms with van der Waals surface area (Å²) >= 11 is 0.